The van der Waals surface area contributed by atoms with Gasteiger partial charge in [-0.05, 0) is 36.4 Å². The lowest BCUT2D eigenvalue weighted by Gasteiger charge is -2.01. The third-order valence-electron chi connectivity index (χ3n) is 3.25. The van der Waals surface area contributed by atoms with E-state index >= 15 is 0 Å². The second-order valence-corrected chi connectivity index (χ2v) is 8.84. The Morgan fingerprint density at radius 2 is 0.926 bits per heavy atom. The molecule has 0 saturated heterocycles. The van der Waals surface area contributed by atoms with Crippen LogP contribution in [0.15, 0.2) is 46.4 Å². The van der Waals surface area contributed by atoms with Gasteiger partial charge in [0.05, 0.1) is 20.1 Å². The molecule has 138 valence electrons. The Kier molecular flexibility index (Phi) is 7.09. The summed E-state index contributed by atoms with van der Waals surface area (Å²) < 4.78 is 0. The lowest BCUT2D eigenvalue weighted by molar-refractivity contribution is 1.53. The van der Waals surface area contributed by atoms with Crippen LogP contribution in [0.3, 0.4) is 0 Å². The molecule has 0 aliphatic carbocycles. The first-order valence-corrected chi connectivity index (χ1v) is 10.4. The summed E-state index contributed by atoms with van der Waals surface area (Å²) >= 11 is 37.8. The molecule has 0 N–H and O–H groups in total. The summed E-state index contributed by atoms with van der Waals surface area (Å²) in [6.07, 6.45) is 3.34. The lowest BCUT2D eigenvalue weighted by Crippen LogP contribution is -1.77. The second-order valence-electron chi connectivity index (χ2n) is 5.19. The second kappa shape index (κ2) is 9.15. The van der Waals surface area contributed by atoms with Crippen LogP contribution in [0.2, 0.25) is 30.1 Å². The smallest absolute Gasteiger partial charge is 0.100 e. The van der Waals surface area contributed by atoms with E-state index in [1.807, 2.05) is 12.1 Å². The van der Waals surface area contributed by atoms with Crippen molar-refractivity contribution in [2.75, 3.05) is 0 Å². The van der Waals surface area contributed by atoms with Crippen LogP contribution in [-0.2, 0) is 0 Å². The fraction of sp³-hybridized carbons (Fsp3) is 0. The average molecular weight is 497 g/mol. The first kappa shape index (κ1) is 20.9. The van der Waals surface area contributed by atoms with Gasteiger partial charge in [-0.2, -0.15) is 0 Å². The Labute approximate surface area is 190 Å². The highest BCUT2D eigenvalue weighted by molar-refractivity contribution is 7.15. The summed E-state index contributed by atoms with van der Waals surface area (Å²) in [5, 5.41) is 2.45. The molecule has 0 radical (unpaired) electrons. The highest BCUT2D eigenvalue weighted by Gasteiger charge is 2.08. The predicted octanol–water partition coefficient (Wildman–Crippen LogP) is 9.17. The zero-order valence-corrected chi connectivity index (χ0v) is 18.5. The third-order valence-corrected chi connectivity index (χ3v) is 5.80. The Balaban J connectivity index is 1.80. The molecule has 0 bridgehead atoms. The number of hydrogen-bond donors (Lipinski definition) is 0. The first-order chi connectivity index (χ1) is 12.8. The van der Waals surface area contributed by atoms with E-state index in [-0.39, 0.29) is 0 Å². The van der Waals surface area contributed by atoms with Crippen LogP contribution in [0.1, 0.15) is 9.75 Å². The molecule has 3 aromatic rings. The van der Waals surface area contributed by atoms with Gasteiger partial charge in [0.1, 0.15) is 11.4 Å². The topological polar surface area (TPSA) is 24.7 Å². The summed E-state index contributed by atoms with van der Waals surface area (Å²) in [7, 11) is 0. The van der Waals surface area contributed by atoms with Crippen LogP contribution in [0.4, 0.5) is 11.4 Å². The Morgan fingerprint density at radius 1 is 0.593 bits per heavy atom. The summed E-state index contributed by atoms with van der Waals surface area (Å²) in [6.45, 7) is 0. The van der Waals surface area contributed by atoms with Crippen LogP contribution in [0.25, 0.3) is 0 Å². The van der Waals surface area contributed by atoms with Crippen LogP contribution in [0, 0.1) is 0 Å². The van der Waals surface area contributed by atoms with Crippen LogP contribution in [0.5, 0.6) is 0 Å². The van der Waals surface area contributed by atoms with E-state index in [4.69, 9.17) is 69.6 Å². The molecule has 0 fully saturated rings. The van der Waals surface area contributed by atoms with E-state index in [9.17, 15) is 0 Å². The maximum atomic E-state index is 6.13. The molecule has 1 aromatic heterocycles. The van der Waals surface area contributed by atoms with E-state index in [1.54, 1.807) is 36.7 Å². The highest BCUT2D eigenvalue weighted by Crippen LogP contribution is 2.37. The fourth-order valence-corrected chi connectivity index (χ4v) is 4.66. The number of thiophene rings is 1. The maximum absolute atomic E-state index is 6.13. The minimum atomic E-state index is 0.383. The molecule has 0 amide bonds. The van der Waals surface area contributed by atoms with Crippen molar-refractivity contribution in [3.63, 3.8) is 0 Å². The van der Waals surface area contributed by atoms with Gasteiger partial charge < -0.3 is 0 Å². The third kappa shape index (κ3) is 5.39. The zero-order valence-electron chi connectivity index (χ0n) is 13.2. The lowest BCUT2D eigenvalue weighted by atomic mass is 10.3. The Hall–Kier alpha value is -0.780. The molecule has 0 unspecified atom stereocenters. The predicted molar refractivity (Wildman–Crippen MR) is 122 cm³/mol. The average Bonchev–Trinajstić information content (AvgIpc) is 3.00. The van der Waals surface area contributed by atoms with Crippen molar-refractivity contribution >= 4 is 105 Å². The zero-order chi connectivity index (χ0) is 19.6. The molecule has 0 aliphatic heterocycles. The van der Waals surface area contributed by atoms with Gasteiger partial charge in [0.25, 0.3) is 0 Å². The summed E-state index contributed by atoms with van der Waals surface area (Å²) in [5.74, 6) is 0. The molecular formula is C18H8Cl6N2S. The van der Waals surface area contributed by atoms with Crippen LogP contribution in [-0.4, -0.2) is 12.4 Å². The van der Waals surface area contributed by atoms with Crippen molar-refractivity contribution in [3.8, 4) is 0 Å². The van der Waals surface area contributed by atoms with Gasteiger partial charge in [0.2, 0.25) is 0 Å². The number of nitrogens with zero attached hydrogens (tertiary/aromatic N) is 2. The van der Waals surface area contributed by atoms with Crippen LogP contribution < -0.4 is 0 Å². The minimum Gasteiger partial charge on any atom is -0.252 e. The Morgan fingerprint density at radius 3 is 1.26 bits per heavy atom. The van der Waals surface area contributed by atoms with Crippen molar-refractivity contribution < 1.29 is 0 Å². The summed E-state index contributed by atoms with van der Waals surface area (Å²) in [5.41, 5.74) is 0.928. The number of benzene rings is 2. The molecule has 0 atom stereocenters. The first-order valence-electron chi connectivity index (χ1n) is 7.30. The summed E-state index contributed by atoms with van der Waals surface area (Å²) in [6, 6.07) is 10.2. The number of rotatable bonds is 4. The minimum absolute atomic E-state index is 0.383. The van der Waals surface area contributed by atoms with Crippen molar-refractivity contribution in [1.82, 2.24) is 0 Å². The highest BCUT2D eigenvalue weighted by atomic mass is 35.5. The van der Waals surface area contributed by atoms with E-state index < -0.39 is 0 Å². The number of hydrogen-bond acceptors (Lipinski definition) is 3. The standard InChI is InChI=1S/C18H8Cl6N2S/c19-9-3-13(21)17(14(22)4-9)25-7-11-1-2-12(27-11)8-26-18-15(23)5-10(20)6-16(18)24/h1-8H. The van der Waals surface area contributed by atoms with E-state index in [0.717, 1.165) is 9.75 Å². The number of aliphatic imine (C=N–C) groups is 2. The van der Waals surface area contributed by atoms with Crippen molar-refractivity contribution in [1.29, 1.82) is 0 Å². The van der Waals surface area contributed by atoms with Crippen molar-refractivity contribution in [2.24, 2.45) is 9.98 Å². The van der Waals surface area contributed by atoms with Gasteiger partial charge in [-0.1, -0.05) is 69.6 Å². The van der Waals surface area contributed by atoms with Gasteiger partial charge in [0.15, 0.2) is 0 Å². The van der Waals surface area contributed by atoms with Crippen molar-refractivity contribution in [2.45, 2.75) is 0 Å². The number of halogens is 6. The molecule has 2 aromatic carbocycles. The van der Waals surface area contributed by atoms with Gasteiger partial charge in [-0.3, -0.25) is 9.98 Å². The van der Waals surface area contributed by atoms with E-state index in [1.165, 1.54) is 11.3 Å². The molecule has 27 heavy (non-hydrogen) atoms. The molecule has 2 nitrogen and oxygen atoms in total. The van der Waals surface area contributed by atoms with E-state index in [2.05, 4.69) is 9.98 Å². The van der Waals surface area contributed by atoms with Gasteiger partial charge in [0, 0.05) is 32.2 Å². The summed E-state index contributed by atoms with van der Waals surface area (Å²) in [4.78, 5) is 10.5. The molecule has 0 spiro atoms. The van der Waals surface area contributed by atoms with Gasteiger partial charge in [-0.15, -0.1) is 11.3 Å². The van der Waals surface area contributed by atoms with Gasteiger partial charge in [-0.25, -0.2) is 0 Å². The van der Waals surface area contributed by atoms with Crippen molar-refractivity contribution in [3.05, 3.63) is 76.3 Å². The van der Waals surface area contributed by atoms with E-state index in [0.29, 0.717) is 41.5 Å². The normalized spacial score (nSPS) is 11.8. The van der Waals surface area contributed by atoms with Gasteiger partial charge >= 0.3 is 0 Å². The maximum Gasteiger partial charge on any atom is 0.100 e. The SMILES string of the molecule is Clc1cc(Cl)c(N=Cc2ccc(C=Nc3c(Cl)cc(Cl)cc3Cl)s2)c(Cl)c1. The largest absolute Gasteiger partial charge is 0.252 e. The Bertz CT molecular complexity index is 930. The molecular weight excluding hydrogens is 489 g/mol. The molecule has 0 aliphatic rings. The quantitative estimate of drug-likeness (QED) is 0.321. The fourth-order valence-electron chi connectivity index (χ4n) is 2.08. The molecule has 1 heterocycles. The monoisotopic (exact) mass is 494 g/mol. The molecule has 9 heteroatoms. The molecule has 0 saturated carbocycles. The van der Waals surface area contributed by atoms with Crippen LogP contribution >= 0.6 is 80.9 Å². The molecule has 3 rings (SSSR count).